The van der Waals surface area contributed by atoms with E-state index in [1.165, 1.54) is 6.42 Å². The van der Waals surface area contributed by atoms with Crippen molar-refractivity contribution >= 4 is 5.96 Å². The first kappa shape index (κ1) is 15.0. The van der Waals surface area contributed by atoms with Gasteiger partial charge in [0.05, 0.1) is 19.8 Å². The average Bonchev–Trinajstić information content (AvgIpc) is 2.37. The van der Waals surface area contributed by atoms with Crippen LogP contribution in [-0.4, -0.2) is 56.8 Å². The summed E-state index contributed by atoms with van der Waals surface area (Å²) >= 11 is 0. The van der Waals surface area contributed by atoms with Gasteiger partial charge in [-0.05, 0) is 26.3 Å². The Bertz CT molecular complexity index is 272. The Morgan fingerprint density at radius 1 is 1.39 bits per heavy atom. The number of aliphatic imine (C=N–C) groups is 1. The van der Waals surface area contributed by atoms with E-state index in [9.17, 15) is 0 Å². The van der Waals surface area contributed by atoms with Crippen LogP contribution in [0.25, 0.3) is 0 Å². The first-order valence-corrected chi connectivity index (χ1v) is 6.67. The molecule has 1 aliphatic heterocycles. The number of rotatable bonds is 7. The maximum atomic E-state index is 5.72. The molecule has 1 rings (SSSR count). The van der Waals surface area contributed by atoms with E-state index in [-0.39, 0.29) is 0 Å². The van der Waals surface area contributed by atoms with Crippen molar-refractivity contribution in [2.24, 2.45) is 10.7 Å². The minimum atomic E-state index is 0.518. The summed E-state index contributed by atoms with van der Waals surface area (Å²) in [5.41, 5.74) is 6.74. The molecule has 0 atom stereocenters. The minimum absolute atomic E-state index is 0.518. The number of nitrogens with one attached hydrogen (secondary N) is 1. The highest BCUT2D eigenvalue weighted by molar-refractivity contribution is 5.77. The molecular formula is C13H26N4O. The van der Waals surface area contributed by atoms with Gasteiger partial charge in [-0.2, -0.15) is 0 Å². The molecule has 0 unspecified atom stereocenters. The van der Waals surface area contributed by atoms with Crippen molar-refractivity contribution in [2.75, 3.05) is 45.9 Å². The molecular weight excluding hydrogens is 228 g/mol. The highest BCUT2D eigenvalue weighted by atomic mass is 16.5. The lowest BCUT2D eigenvalue weighted by atomic mass is 10.3. The second-order valence-corrected chi connectivity index (χ2v) is 4.75. The molecule has 0 radical (unpaired) electrons. The number of hydrogen-bond acceptors (Lipinski definition) is 3. The largest absolute Gasteiger partial charge is 0.379 e. The highest BCUT2D eigenvalue weighted by Crippen LogP contribution is 1.99. The summed E-state index contributed by atoms with van der Waals surface area (Å²) in [7, 11) is 0. The molecule has 0 spiro atoms. The number of nitrogens with zero attached hydrogens (tertiary/aromatic N) is 2. The predicted octanol–water partition coefficient (Wildman–Crippen LogP) is 0.579. The summed E-state index contributed by atoms with van der Waals surface area (Å²) in [6.45, 7) is 12.2. The minimum Gasteiger partial charge on any atom is -0.379 e. The molecule has 5 heteroatoms. The molecule has 1 aliphatic rings. The van der Waals surface area contributed by atoms with Gasteiger partial charge in [0, 0.05) is 19.6 Å². The Morgan fingerprint density at radius 2 is 2.11 bits per heavy atom. The molecule has 18 heavy (non-hydrogen) atoms. The maximum Gasteiger partial charge on any atom is 0.188 e. The fraction of sp³-hybridized carbons (Fsp3) is 0.769. The fourth-order valence-corrected chi connectivity index (χ4v) is 1.78. The van der Waals surface area contributed by atoms with Gasteiger partial charge in [0.2, 0.25) is 0 Å². The van der Waals surface area contributed by atoms with Crippen LogP contribution in [0.15, 0.2) is 17.1 Å². The SMILES string of the molecule is C=C(C)CN=C(N)NCCCCN1CCOCC1. The molecule has 0 aromatic rings. The van der Waals surface area contributed by atoms with Crippen LogP contribution < -0.4 is 11.1 Å². The zero-order chi connectivity index (χ0) is 13.2. The molecule has 1 heterocycles. The molecule has 0 aromatic carbocycles. The lowest BCUT2D eigenvalue weighted by Crippen LogP contribution is -2.37. The van der Waals surface area contributed by atoms with Crippen molar-refractivity contribution in [1.29, 1.82) is 0 Å². The van der Waals surface area contributed by atoms with Crippen LogP contribution in [0.2, 0.25) is 0 Å². The molecule has 0 aliphatic carbocycles. The van der Waals surface area contributed by atoms with Gasteiger partial charge in [-0.1, -0.05) is 12.2 Å². The number of nitrogens with two attached hydrogens (primary N) is 1. The Hall–Kier alpha value is -1.07. The van der Waals surface area contributed by atoms with Crippen molar-refractivity contribution in [2.45, 2.75) is 19.8 Å². The first-order chi connectivity index (χ1) is 8.68. The number of morpholine rings is 1. The maximum absolute atomic E-state index is 5.72. The van der Waals surface area contributed by atoms with E-state index < -0.39 is 0 Å². The van der Waals surface area contributed by atoms with Gasteiger partial charge in [-0.15, -0.1) is 0 Å². The third-order valence-corrected chi connectivity index (χ3v) is 2.83. The lowest BCUT2D eigenvalue weighted by Gasteiger charge is -2.26. The number of ether oxygens (including phenoxy) is 1. The molecule has 3 N–H and O–H groups in total. The van der Waals surface area contributed by atoms with Crippen molar-refractivity contribution in [1.82, 2.24) is 10.2 Å². The van der Waals surface area contributed by atoms with Crippen LogP contribution in [0.5, 0.6) is 0 Å². The molecule has 0 saturated carbocycles. The van der Waals surface area contributed by atoms with Crippen LogP contribution in [-0.2, 0) is 4.74 Å². The fourth-order valence-electron chi connectivity index (χ4n) is 1.78. The number of unbranched alkanes of at least 4 members (excludes halogenated alkanes) is 1. The van der Waals surface area contributed by atoms with E-state index in [0.717, 1.165) is 51.4 Å². The highest BCUT2D eigenvalue weighted by Gasteiger charge is 2.08. The zero-order valence-corrected chi connectivity index (χ0v) is 11.5. The second-order valence-electron chi connectivity index (χ2n) is 4.75. The molecule has 0 aromatic heterocycles. The van der Waals surface area contributed by atoms with E-state index in [0.29, 0.717) is 12.5 Å². The molecule has 0 bridgehead atoms. The Labute approximate surface area is 110 Å². The van der Waals surface area contributed by atoms with E-state index in [1.54, 1.807) is 0 Å². The molecule has 0 amide bonds. The molecule has 5 nitrogen and oxygen atoms in total. The predicted molar refractivity (Wildman–Crippen MR) is 75.8 cm³/mol. The number of guanidine groups is 1. The van der Waals surface area contributed by atoms with Gasteiger partial charge in [0.1, 0.15) is 0 Å². The summed E-state index contributed by atoms with van der Waals surface area (Å²) < 4.78 is 5.31. The van der Waals surface area contributed by atoms with E-state index in [1.807, 2.05) is 6.92 Å². The molecule has 1 saturated heterocycles. The summed E-state index contributed by atoms with van der Waals surface area (Å²) in [6, 6.07) is 0. The van der Waals surface area contributed by atoms with Crippen LogP contribution in [0.4, 0.5) is 0 Å². The van der Waals surface area contributed by atoms with Gasteiger partial charge in [-0.25, -0.2) is 4.99 Å². The van der Waals surface area contributed by atoms with Gasteiger partial charge in [-0.3, -0.25) is 4.90 Å². The summed E-state index contributed by atoms with van der Waals surface area (Å²) in [5.74, 6) is 0.518. The molecule has 104 valence electrons. The third-order valence-electron chi connectivity index (χ3n) is 2.83. The third kappa shape index (κ3) is 7.29. The van der Waals surface area contributed by atoms with Gasteiger partial charge in [0.25, 0.3) is 0 Å². The van der Waals surface area contributed by atoms with Crippen LogP contribution >= 0.6 is 0 Å². The van der Waals surface area contributed by atoms with Crippen molar-refractivity contribution in [3.8, 4) is 0 Å². The Balaban J connectivity index is 1.97. The van der Waals surface area contributed by atoms with Crippen LogP contribution in [0, 0.1) is 0 Å². The van der Waals surface area contributed by atoms with Crippen molar-refractivity contribution in [3.63, 3.8) is 0 Å². The van der Waals surface area contributed by atoms with Crippen LogP contribution in [0.3, 0.4) is 0 Å². The van der Waals surface area contributed by atoms with Gasteiger partial charge >= 0.3 is 0 Å². The quantitative estimate of drug-likeness (QED) is 0.302. The Morgan fingerprint density at radius 3 is 2.78 bits per heavy atom. The van der Waals surface area contributed by atoms with E-state index in [2.05, 4.69) is 21.8 Å². The first-order valence-electron chi connectivity index (χ1n) is 6.67. The topological polar surface area (TPSA) is 62.9 Å². The zero-order valence-electron chi connectivity index (χ0n) is 11.5. The van der Waals surface area contributed by atoms with Crippen LogP contribution in [0.1, 0.15) is 19.8 Å². The standard InChI is InChI=1S/C13H26N4O/c1-12(2)11-16-13(14)15-5-3-4-6-17-7-9-18-10-8-17/h1,3-11H2,2H3,(H3,14,15,16). The van der Waals surface area contributed by atoms with Gasteiger partial charge in [0.15, 0.2) is 5.96 Å². The average molecular weight is 254 g/mol. The summed E-state index contributed by atoms with van der Waals surface area (Å²) in [4.78, 5) is 6.61. The monoisotopic (exact) mass is 254 g/mol. The smallest absolute Gasteiger partial charge is 0.188 e. The second kappa shape index (κ2) is 8.94. The van der Waals surface area contributed by atoms with Gasteiger partial charge < -0.3 is 15.8 Å². The van der Waals surface area contributed by atoms with E-state index in [4.69, 9.17) is 10.5 Å². The number of hydrogen-bond donors (Lipinski definition) is 2. The van der Waals surface area contributed by atoms with Crippen molar-refractivity contribution < 1.29 is 4.74 Å². The normalized spacial score (nSPS) is 17.7. The summed E-state index contributed by atoms with van der Waals surface area (Å²) in [6.07, 6.45) is 2.29. The van der Waals surface area contributed by atoms with Crippen molar-refractivity contribution in [3.05, 3.63) is 12.2 Å². The summed E-state index contributed by atoms with van der Waals surface area (Å²) in [5, 5.41) is 3.12. The van der Waals surface area contributed by atoms with E-state index >= 15 is 0 Å². The lowest BCUT2D eigenvalue weighted by molar-refractivity contribution is 0.0372. The molecule has 1 fully saturated rings. The Kier molecular flexibility index (Phi) is 7.44.